The van der Waals surface area contributed by atoms with E-state index in [0.717, 1.165) is 25.7 Å². The van der Waals surface area contributed by atoms with E-state index >= 15 is 0 Å². The van der Waals surface area contributed by atoms with E-state index in [1.807, 2.05) is 0 Å². The molecule has 0 amide bonds. The summed E-state index contributed by atoms with van der Waals surface area (Å²) >= 11 is 0. The molecule has 0 bridgehead atoms. The van der Waals surface area contributed by atoms with Gasteiger partial charge in [-0.15, -0.1) is 0 Å². The SMILES string of the molecule is COC1C=c2c3c([nH]c2=CC1)CCC(O)C3. The highest BCUT2D eigenvalue weighted by Gasteiger charge is 2.21. The minimum Gasteiger partial charge on any atom is -0.393 e. The smallest absolute Gasteiger partial charge is 0.0796 e. The second-order valence-electron chi connectivity index (χ2n) is 4.69. The van der Waals surface area contributed by atoms with Crippen LogP contribution in [0.2, 0.25) is 0 Å². The lowest BCUT2D eigenvalue weighted by Gasteiger charge is -2.17. The van der Waals surface area contributed by atoms with Crippen LogP contribution in [0.4, 0.5) is 0 Å². The summed E-state index contributed by atoms with van der Waals surface area (Å²) < 4.78 is 5.37. The van der Waals surface area contributed by atoms with Gasteiger partial charge in [-0.3, -0.25) is 0 Å². The van der Waals surface area contributed by atoms with Crippen molar-refractivity contribution in [3.63, 3.8) is 0 Å². The van der Waals surface area contributed by atoms with Gasteiger partial charge < -0.3 is 14.8 Å². The summed E-state index contributed by atoms with van der Waals surface area (Å²) in [5.74, 6) is 0. The first-order valence-electron chi connectivity index (χ1n) is 5.90. The Labute approximate surface area is 94.4 Å². The number of H-pyrrole nitrogens is 1. The number of aliphatic hydroxyl groups is 1. The summed E-state index contributed by atoms with van der Waals surface area (Å²) in [6.07, 6.45) is 7.95. The van der Waals surface area contributed by atoms with Gasteiger partial charge in [-0.05, 0) is 30.9 Å². The molecular formula is C13H17NO2. The highest BCUT2D eigenvalue weighted by Crippen LogP contribution is 2.17. The fourth-order valence-corrected chi connectivity index (χ4v) is 2.73. The zero-order valence-corrected chi connectivity index (χ0v) is 9.49. The van der Waals surface area contributed by atoms with Crippen LogP contribution < -0.4 is 10.6 Å². The summed E-state index contributed by atoms with van der Waals surface area (Å²) in [5, 5.41) is 12.2. The summed E-state index contributed by atoms with van der Waals surface area (Å²) in [7, 11) is 1.74. The average molecular weight is 219 g/mol. The van der Waals surface area contributed by atoms with Gasteiger partial charge in [0, 0.05) is 29.8 Å². The van der Waals surface area contributed by atoms with Gasteiger partial charge in [-0.2, -0.15) is 0 Å². The van der Waals surface area contributed by atoms with Crippen LogP contribution in [0.1, 0.15) is 24.1 Å². The third kappa shape index (κ3) is 1.51. The van der Waals surface area contributed by atoms with Gasteiger partial charge in [-0.25, -0.2) is 0 Å². The largest absolute Gasteiger partial charge is 0.393 e. The minimum atomic E-state index is -0.177. The molecule has 16 heavy (non-hydrogen) atoms. The third-order valence-electron chi connectivity index (χ3n) is 3.64. The van der Waals surface area contributed by atoms with Crippen molar-refractivity contribution in [2.24, 2.45) is 0 Å². The normalized spacial score (nSPS) is 27.6. The molecule has 2 atom stereocenters. The maximum absolute atomic E-state index is 9.73. The molecule has 2 aliphatic carbocycles. The van der Waals surface area contributed by atoms with E-state index in [9.17, 15) is 5.11 Å². The molecule has 0 radical (unpaired) electrons. The maximum Gasteiger partial charge on any atom is 0.0796 e. The fraction of sp³-hybridized carbons (Fsp3) is 0.538. The van der Waals surface area contributed by atoms with E-state index in [1.165, 1.54) is 21.8 Å². The standard InChI is InChI=1S/C13H17NO2/c1-16-9-3-5-13-11(7-9)10-6-8(15)2-4-12(10)14-13/h5,7-9,14-15H,2-4,6H2,1H3. The number of aromatic nitrogens is 1. The van der Waals surface area contributed by atoms with E-state index < -0.39 is 0 Å². The Hall–Kier alpha value is -1.06. The number of fused-ring (bicyclic) bond motifs is 3. The number of hydrogen-bond donors (Lipinski definition) is 2. The second-order valence-corrected chi connectivity index (χ2v) is 4.69. The van der Waals surface area contributed by atoms with Gasteiger partial charge in [0.1, 0.15) is 0 Å². The molecule has 0 fully saturated rings. The van der Waals surface area contributed by atoms with Crippen LogP contribution in [0.5, 0.6) is 0 Å². The molecule has 0 aliphatic heterocycles. The Morgan fingerprint density at radius 3 is 3.19 bits per heavy atom. The van der Waals surface area contributed by atoms with Crippen molar-refractivity contribution in [2.45, 2.75) is 37.9 Å². The van der Waals surface area contributed by atoms with Crippen LogP contribution in [0, 0.1) is 0 Å². The highest BCUT2D eigenvalue weighted by atomic mass is 16.5. The van der Waals surface area contributed by atoms with Crippen molar-refractivity contribution in [3.8, 4) is 0 Å². The molecule has 0 saturated carbocycles. The monoisotopic (exact) mass is 219 g/mol. The average Bonchev–Trinajstić information content (AvgIpc) is 2.66. The summed E-state index contributed by atoms with van der Waals surface area (Å²) in [6, 6.07) is 0. The van der Waals surface area contributed by atoms with E-state index in [0.29, 0.717) is 0 Å². The zero-order valence-electron chi connectivity index (χ0n) is 9.49. The Morgan fingerprint density at radius 1 is 1.50 bits per heavy atom. The number of hydrogen-bond acceptors (Lipinski definition) is 2. The zero-order chi connectivity index (χ0) is 11.1. The molecule has 86 valence electrons. The predicted octanol–water partition coefficient (Wildman–Crippen LogP) is -0.156. The molecule has 0 saturated heterocycles. The molecule has 2 unspecified atom stereocenters. The van der Waals surface area contributed by atoms with Crippen molar-refractivity contribution in [1.29, 1.82) is 0 Å². The van der Waals surface area contributed by atoms with Gasteiger partial charge >= 0.3 is 0 Å². The van der Waals surface area contributed by atoms with Crippen LogP contribution in [-0.2, 0) is 17.6 Å². The molecule has 3 rings (SSSR count). The number of aryl methyl sites for hydroxylation is 1. The molecular weight excluding hydrogens is 202 g/mol. The summed E-state index contributed by atoms with van der Waals surface area (Å²) in [4.78, 5) is 3.47. The van der Waals surface area contributed by atoms with Crippen molar-refractivity contribution in [3.05, 3.63) is 21.8 Å². The number of aromatic amines is 1. The summed E-state index contributed by atoms with van der Waals surface area (Å²) in [5.41, 5.74) is 2.60. The van der Waals surface area contributed by atoms with Gasteiger partial charge in [0.2, 0.25) is 0 Å². The molecule has 3 nitrogen and oxygen atoms in total. The van der Waals surface area contributed by atoms with Gasteiger partial charge in [0.25, 0.3) is 0 Å². The number of methoxy groups -OCH3 is 1. The molecule has 2 aliphatic rings. The first kappa shape index (κ1) is 10.1. The van der Waals surface area contributed by atoms with Crippen molar-refractivity contribution in [1.82, 2.24) is 4.98 Å². The Balaban J connectivity index is 2.15. The molecule has 1 aromatic rings. The number of ether oxygens (including phenoxy) is 1. The van der Waals surface area contributed by atoms with E-state index in [2.05, 4.69) is 17.1 Å². The Morgan fingerprint density at radius 2 is 2.38 bits per heavy atom. The van der Waals surface area contributed by atoms with Crippen molar-refractivity contribution >= 4 is 12.2 Å². The van der Waals surface area contributed by atoms with Crippen molar-refractivity contribution in [2.75, 3.05) is 7.11 Å². The lowest BCUT2D eigenvalue weighted by molar-refractivity contribution is 0.155. The lowest BCUT2D eigenvalue weighted by atomic mass is 9.93. The number of nitrogens with one attached hydrogen (secondary N) is 1. The van der Waals surface area contributed by atoms with E-state index in [-0.39, 0.29) is 12.2 Å². The number of aliphatic hydroxyl groups excluding tert-OH is 1. The van der Waals surface area contributed by atoms with Crippen LogP contribution in [0.3, 0.4) is 0 Å². The molecule has 2 N–H and O–H groups in total. The first-order valence-corrected chi connectivity index (χ1v) is 5.90. The quantitative estimate of drug-likeness (QED) is 0.689. The molecule has 3 heteroatoms. The molecule has 1 heterocycles. The third-order valence-corrected chi connectivity index (χ3v) is 3.64. The maximum atomic E-state index is 9.73. The van der Waals surface area contributed by atoms with Crippen LogP contribution in [0.25, 0.3) is 12.2 Å². The Bertz CT molecular complexity index is 515. The minimum absolute atomic E-state index is 0.177. The van der Waals surface area contributed by atoms with Crippen LogP contribution in [-0.4, -0.2) is 29.4 Å². The molecule has 0 spiro atoms. The second kappa shape index (κ2) is 3.75. The fourth-order valence-electron chi connectivity index (χ4n) is 2.73. The lowest BCUT2D eigenvalue weighted by Crippen LogP contribution is -2.33. The molecule has 0 aromatic carbocycles. The van der Waals surface area contributed by atoms with Gasteiger partial charge in [-0.1, -0.05) is 6.08 Å². The topological polar surface area (TPSA) is 45.2 Å². The van der Waals surface area contributed by atoms with Gasteiger partial charge in [0.05, 0.1) is 12.2 Å². The van der Waals surface area contributed by atoms with E-state index in [4.69, 9.17) is 4.74 Å². The van der Waals surface area contributed by atoms with Crippen LogP contribution in [0.15, 0.2) is 0 Å². The van der Waals surface area contributed by atoms with Crippen LogP contribution >= 0.6 is 0 Å². The van der Waals surface area contributed by atoms with E-state index in [1.54, 1.807) is 7.11 Å². The van der Waals surface area contributed by atoms with Gasteiger partial charge in [0.15, 0.2) is 0 Å². The highest BCUT2D eigenvalue weighted by molar-refractivity contribution is 5.46. The predicted molar refractivity (Wildman–Crippen MR) is 62.4 cm³/mol. The summed E-state index contributed by atoms with van der Waals surface area (Å²) in [6.45, 7) is 0. The Kier molecular flexibility index (Phi) is 2.37. The first-order chi connectivity index (χ1) is 7.78. The van der Waals surface area contributed by atoms with Crippen molar-refractivity contribution < 1.29 is 9.84 Å². The molecule has 1 aromatic heterocycles. The number of rotatable bonds is 1.